The lowest BCUT2D eigenvalue weighted by Crippen LogP contribution is -2.55. The van der Waals surface area contributed by atoms with Gasteiger partial charge in [-0.3, -0.25) is 9.59 Å². The van der Waals surface area contributed by atoms with Gasteiger partial charge in [0.2, 0.25) is 0 Å². The number of rotatable bonds is 43. The van der Waals surface area contributed by atoms with E-state index in [0.717, 1.165) is 57.8 Å². The monoisotopic (exact) mass is 818 g/mol. The summed E-state index contributed by atoms with van der Waals surface area (Å²) in [7, 11) is 5.41. The highest BCUT2D eigenvalue weighted by atomic mass is 16.6. The Morgan fingerprint density at radius 3 is 1.43 bits per heavy atom. The van der Waals surface area contributed by atoms with Crippen LogP contribution in [0.5, 0.6) is 0 Å². The average molecular weight is 818 g/mol. The number of quaternary nitrogens is 1. The number of likely N-dealkylation sites (N-methyl/N-ethyl adjacent to an activating group) is 1. The van der Waals surface area contributed by atoms with Gasteiger partial charge in [-0.25, -0.2) is 0 Å². The first-order valence-corrected chi connectivity index (χ1v) is 24.0. The highest BCUT2D eigenvalue weighted by molar-refractivity contribution is 5.70. The molecular formula is C50H91NO7. The van der Waals surface area contributed by atoms with Crippen LogP contribution in [-0.4, -0.2) is 75.5 Å². The molecule has 0 rings (SSSR count). The molecular weight excluding hydrogens is 727 g/mol. The van der Waals surface area contributed by atoms with E-state index in [-0.39, 0.29) is 42.7 Å². The Morgan fingerprint density at radius 2 is 0.966 bits per heavy atom. The number of carboxylic acids is 1. The van der Waals surface area contributed by atoms with Crippen molar-refractivity contribution in [3.8, 4) is 0 Å². The van der Waals surface area contributed by atoms with Crippen LogP contribution in [0.3, 0.4) is 0 Å². The highest BCUT2D eigenvalue weighted by Gasteiger charge is 2.25. The second-order valence-electron chi connectivity index (χ2n) is 17.3. The lowest BCUT2D eigenvalue weighted by molar-refractivity contribution is -0.889. The summed E-state index contributed by atoms with van der Waals surface area (Å²) in [4.78, 5) is 36.9. The molecule has 0 fully saturated rings. The maximum absolute atomic E-state index is 12.7. The first-order valence-electron chi connectivity index (χ1n) is 24.0. The van der Waals surface area contributed by atoms with Crippen LogP contribution in [0.4, 0.5) is 0 Å². The van der Waals surface area contributed by atoms with Gasteiger partial charge >= 0.3 is 11.9 Å². The van der Waals surface area contributed by atoms with Gasteiger partial charge in [-0.2, -0.15) is 0 Å². The molecule has 0 bridgehead atoms. The smallest absolute Gasteiger partial charge is 0.306 e. The van der Waals surface area contributed by atoms with Gasteiger partial charge in [0.05, 0.1) is 40.3 Å². The van der Waals surface area contributed by atoms with Crippen molar-refractivity contribution in [3.05, 3.63) is 36.5 Å². The molecule has 58 heavy (non-hydrogen) atoms. The average Bonchev–Trinajstić information content (AvgIpc) is 3.18. The van der Waals surface area contributed by atoms with Crippen LogP contribution in [0.1, 0.15) is 213 Å². The zero-order valence-corrected chi connectivity index (χ0v) is 38.5. The molecule has 338 valence electrons. The summed E-state index contributed by atoms with van der Waals surface area (Å²) in [6.45, 7) is 4.57. The van der Waals surface area contributed by atoms with E-state index in [0.29, 0.717) is 12.8 Å². The van der Waals surface area contributed by atoms with Gasteiger partial charge in [-0.05, 0) is 44.9 Å². The van der Waals surface area contributed by atoms with E-state index in [9.17, 15) is 19.5 Å². The lowest BCUT2D eigenvalue weighted by Gasteiger charge is -2.34. The SMILES string of the molecule is CC/C=C/C/C=C/C/C=C/CCCCCCCCCCCCC(=O)OCC(COCCC(C(=O)[O-])[N+](C)(C)C)OC(=O)CCCCCCCCCCCCCCCC. The molecule has 0 aliphatic carbocycles. The Kier molecular flexibility index (Phi) is 39.5. The quantitative estimate of drug-likeness (QED) is 0.0261. The number of nitrogens with zero attached hydrogens (tertiary/aromatic N) is 1. The first-order chi connectivity index (χ1) is 28.1. The number of hydrogen-bond donors (Lipinski definition) is 0. The van der Waals surface area contributed by atoms with Crippen molar-refractivity contribution in [2.75, 3.05) is 41.0 Å². The van der Waals surface area contributed by atoms with E-state index < -0.39 is 18.1 Å². The maximum Gasteiger partial charge on any atom is 0.306 e. The van der Waals surface area contributed by atoms with Gasteiger partial charge in [-0.15, -0.1) is 0 Å². The van der Waals surface area contributed by atoms with E-state index >= 15 is 0 Å². The predicted molar refractivity (Wildman–Crippen MR) is 240 cm³/mol. The number of carboxylic acid groups (broad SMARTS) is 1. The summed E-state index contributed by atoms with van der Waals surface area (Å²) >= 11 is 0. The van der Waals surface area contributed by atoms with Crippen molar-refractivity contribution in [2.45, 2.75) is 225 Å². The Bertz CT molecular complexity index is 1050. The van der Waals surface area contributed by atoms with Crippen LogP contribution in [0.2, 0.25) is 0 Å². The Morgan fingerprint density at radius 1 is 0.534 bits per heavy atom. The number of carbonyl (C=O) groups is 3. The molecule has 0 radical (unpaired) electrons. The lowest BCUT2D eigenvalue weighted by atomic mass is 10.0. The number of hydrogen-bond acceptors (Lipinski definition) is 7. The summed E-state index contributed by atoms with van der Waals surface area (Å²) in [5.41, 5.74) is 0. The number of allylic oxidation sites excluding steroid dienone is 6. The van der Waals surface area contributed by atoms with Crippen molar-refractivity contribution < 1.29 is 38.2 Å². The molecule has 0 saturated heterocycles. The van der Waals surface area contributed by atoms with Crippen molar-refractivity contribution in [1.82, 2.24) is 0 Å². The largest absolute Gasteiger partial charge is 0.544 e. The van der Waals surface area contributed by atoms with Gasteiger partial charge in [0.15, 0.2) is 6.10 Å². The molecule has 0 spiro atoms. The number of carbonyl (C=O) groups excluding carboxylic acids is 3. The van der Waals surface area contributed by atoms with Gasteiger partial charge in [0, 0.05) is 19.3 Å². The number of ether oxygens (including phenoxy) is 3. The van der Waals surface area contributed by atoms with E-state index in [1.54, 1.807) is 21.1 Å². The van der Waals surface area contributed by atoms with E-state index in [1.165, 1.54) is 122 Å². The standard InChI is InChI=1S/C50H91NO7/c1-6-8-10-12-14-16-18-20-22-23-24-25-26-27-29-30-32-34-36-38-40-48(52)57-45-46(44-56-43-42-47(50(54)55)51(3,4)5)58-49(53)41-39-37-35-33-31-28-21-19-17-15-13-11-9-7-2/h8,10,14,16,20,22,46-47H,6-7,9,11-13,15,17-19,21,23-45H2,1-5H3/b10-8+,16-14+,22-20+. The molecule has 0 aliphatic heterocycles. The topological polar surface area (TPSA) is 102 Å². The van der Waals surface area contributed by atoms with E-state index in [1.807, 2.05) is 0 Å². The Balaban J connectivity index is 4.24. The molecule has 0 amide bonds. The van der Waals surface area contributed by atoms with Gasteiger partial charge in [-0.1, -0.05) is 185 Å². The number of unbranched alkanes of at least 4 members (excludes halogenated alkanes) is 23. The molecule has 8 nitrogen and oxygen atoms in total. The van der Waals surface area contributed by atoms with Crippen molar-refractivity contribution in [2.24, 2.45) is 0 Å². The van der Waals surface area contributed by atoms with Gasteiger partial charge in [0.1, 0.15) is 12.6 Å². The minimum Gasteiger partial charge on any atom is -0.544 e. The summed E-state index contributed by atoms with van der Waals surface area (Å²) in [6.07, 6.45) is 47.4. The second-order valence-corrected chi connectivity index (χ2v) is 17.3. The molecule has 0 aromatic carbocycles. The van der Waals surface area contributed by atoms with Crippen LogP contribution in [0.15, 0.2) is 36.5 Å². The van der Waals surface area contributed by atoms with Crippen LogP contribution < -0.4 is 5.11 Å². The molecule has 0 N–H and O–H groups in total. The number of esters is 2. The van der Waals surface area contributed by atoms with Crippen LogP contribution >= 0.6 is 0 Å². The maximum atomic E-state index is 12.7. The minimum absolute atomic E-state index is 0.0428. The molecule has 0 aromatic rings. The molecule has 0 aliphatic rings. The van der Waals surface area contributed by atoms with Crippen LogP contribution in [0, 0.1) is 0 Å². The van der Waals surface area contributed by atoms with Crippen molar-refractivity contribution in [3.63, 3.8) is 0 Å². The van der Waals surface area contributed by atoms with Crippen molar-refractivity contribution >= 4 is 17.9 Å². The highest BCUT2D eigenvalue weighted by Crippen LogP contribution is 2.16. The molecule has 2 atom stereocenters. The zero-order chi connectivity index (χ0) is 42.8. The number of aliphatic carboxylic acids is 1. The van der Waals surface area contributed by atoms with Crippen LogP contribution in [-0.2, 0) is 28.6 Å². The summed E-state index contributed by atoms with van der Waals surface area (Å²) < 4.78 is 17.2. The minimum atomic E-state index is -1.12. The fourth-order valence-corrected chi connectivity index (χ4v) is 7.09. The zero-order valence-electron chi connectivity index (χ0n) is 38.5. The molecule has 2 unspecified atom stereocenters. The van der Waals surface area contributed by atoms with Crippen molar-refractivity contribution in [1.29, 1.82) is 0 Å². The third-order valence-electron chi connectivity index (χ3n) is 10.8. The fourth-order valence-electron chi connectivity index (χ4n) is 7.09. The first kappa shape index (κ1) is 55.5. The van der Waals surface area contributed by atoms with E-state index in [2.05, 4.69) is 50.3 Å². The molecule has 0 saturated carbocycles. The summed E-state index contributed by atoms with van der Waals surface area (Å²) in [6, 6.07) is -0.724. The normalized spacial score (nSPS) is 13.2. The Hall–Kier alpha value is -2.45. The van der Waals surface area contributed by atoms with E-state index in [4.69, 9.17) is 14.2 Å². The Labute approximate surface area is 357 Å². The second kappa shape index (κ2) is 41.3. The van der Waals surface area contributed by atoms with Crippen LogP contribution in [0.25, 0.3) is 0 Å². The summed E-state index contributed by atoms with van der Waals surface area (Å²) in [5, 5.41) is 11.6. The van der Waals surface area contributed by atoms with Gasteiger partial charge in [0.25, 0.3) is 0 Å². The third-order valence-corrected chi connectivity index (χ3v) is 10.8. The molecule has 8 heteroatoms. The molecule has 0 heterocycles. The summed E-state index contributed by atoms with van der Waals surface area (Å²) in [5.74, 6) is -1.73. The fraction of sp³-hybridized carbons (Fsp3) is 0.820. The molecule has 0 aromatic heterocycles. The van der Waals surface area contributed by atoms with Gasteiger partial charge < -0.3 is 28.6 Å². The third kappa shape index (κ3) is 39.0. The predicted octanol–water partition coefficient (Wildman–Crippen LogP) is 12.1.